The number of esters is 2. The van der Waals surface area contributed by atoms with Crippen molar-refractivity contribution in [1.82, 2.24) is 4.90 Å². The van der Waals surface area contributed by atoms with E-state index in [1.807, 2.05) is 69.2 Å². The van der Waals surface area contributed by atoms with Gasteiger partial charge < -0.3 is 19.9 Å². The maximum Gasteiger partial charge on any atom is 0.326 e. The summed E-state index contributed by atoms with van der Waals surface area (Å²) in [7, 11) is 0. The minimum atomic E-state index is -1.32. The second-order valence-corrected chi connectivity index (χ2v) is 13.0. The van der Waals surface area contributed by atoms with Gasteiger partial charge >= 0.3 is 11.9 Å². The zero-order valence-electron chi connectivity index (χ0n) is 25.2. The molecular weight excluding hydrogens is 460 g/mol. The third-order valence-corrected chi connectivity index (χ3v) is 6.16. The van der Waals surface area contributed by atoms with Crippen molar-refractivity contribution in [3.8, 4) is 0 Å². The maximum atomic E-state index is 13.5. The lowest BCUT2D eigenvalue weighted by molar-refractivity contribution is -0.183. The first-order valence-corrected chi connectivity index (χ1v) is 13.3. The van der Waals surface area contributed by atoms with Crippen molar-refractivity contribution in [2.45, 2.75) is 144 Å². The fourth-order valence-corrected chi connectivity index (χ4v) is 3.84. The van der Waals surface area contributed by atoms with Crippen molar-refractivity contribution in [2.75, 3.05) is 6.54 Å². The van der Waals surface area contributed by atoms with Crippen LogP contribution in [0.3, 0.4) is 0 Å². The highest BCUT2D eigenvalue weighted by Crippen LogP contribution is 2.29. The highest BCUT2D eigenvalue weighted by molar-refractivity contribution is 5.81. The van der Waals surface area contributed by atoms with Gasteiger partial charge in [-0.2, -0.15) is 0 Å². The van der Waals surface area contributed by atoms with Crippen molar-refractivity contribution in [1.29, 1.82) is 0 Å². The molecule has 0 aromatic carbocycles. The number of hydrogen-bond donors (Lipinski definition) is 1. The van der Waals surface area contributed by atoms with Gasteiger partial charge in [-0.25, -0.2) is 0 Å². The van der Waals surface area contributed by atoms with Crippen molar-refractivity contribution in [2.24, 2.45) is 17.6 Å². The Kier molecular flexibility index (Phi) is 12.8. The molecule has 212 valence electrons. The minimum Gasteiger partial charge on any atom is -0.459 e. The number of nitrogens with two attached hydrogens (primary N) is 1. The summed E-state index contributed by atoms with van der Waals surface area (Å²) in [4.78, 5) is 40.8. The molecule has 0 rings (SSSR count). The van der Waals surface area contributed by atoms with Crippen LogP contribution in [0.25, 0.3) is 0 Å². The minimum absolute atomic E-state index is 0.150. The molecule has 0 radical (unpaired) electrons. The Bertz CT molecular complexity index is 719. The number of aldehydes is 1. The summed E-state index contributed by atoms with van der Waals surface area (Å²) in [5, 5.41) is 0. The van der Waals surface area contributed by atoms with Crippen LogP contribution in [0.1, 0.15) is 109 Å². The molecule has 0 bridgehead atoms. The third kappa shape index (κ3) is 11.3. The van der Waals surface area contributed by atoms with Crippen LogP contribution in [-0.4, -0.2) is 64.3 Å². The Morgan fingerprint density at radius 2 is 1.36 bits per heavy atom. The van der Waals surface area contributed by atoms with Crippen LogP contribution in [0.2, 0.25) is 0 Å². The number of ether oxygens (including phenoxy) is 3. The van der Waals surface area contributed by atoms with Crippen molar-refractivity contribution >= 4 is 18.2 Å². The Balaban J connectivity index is 6.55. The Morgan fingerprint density at radius 3 is 1.72 bits per heavy atom. The molecule has 5 atom stereocenters. The molecule has 0 aromatic rings. The molecule has 0 fully saturated rings. The first-order chi connectivity index (χ1) is 16.1. The third-order valence-electron chi connectivity index (χ3n) is 6.16. The van der Waals surface area contributed by atoms with E-state index in [0.717, 1.165) is 0 Å². The molecule has 8 nitrogen and oxygen atoms in total. The zero-order chi connectivity index (χ0) is 28.7. The van der Waals surface area contributed by atoms with E-state index in [2.05, 4.69) is 0 Å². The van der Waals surface area contributed by atoms with E-state index in [0.29, 0.717) is 19.1 Å². The van der Waals surface area contributed by atoms with Gasteiger partial charge in [-0.15, -0.1) is 0 Å². The van der Waals surface area contributed by atoms with Gasteiger partial charge in [0.25, 0.3) is 0 Å². The van der Waals surface area contributed by atoms with Crippen molar-refractivity contribution in [3.05, 3.63) is 0 Å². The highest BCUT2D eigenvalue weighted by Gasteiger charge is 2.45. The molecule has 0 spiro atoms. The summed E-state index contributed by atoms with van der Waals surface area (Å²) in [5.41, 5.74) is 3.38. The second kappa shape index (κ2) is 13.3. The van der Waals surface area contributed by atoms with Crippen LogP contribution >= 0.6 is 0 Å². The molecule has 2 N–H and O–H groups in total. The first-order valence-electron chi connectivity index (χ1n) is 13.3. The van der Waals surface area contributed by atoms with E-state index in [1.54, 1.807) is 25.7 Å². The Morgan fingerprint density at radius 1 is 0.861 bits per heavy atom. The fraction of sp³-hybridized carbons (Fsp3) is 0.893. The molecule has 0 amide bonds. The molecule has 0 aliphatic rings. The van der Waals surface area contributed by atoms with E-state index < -0.39 is 46.6 Å². The Labute approximate surface area is 220 Å². The first kappa shape index (κ1) is 34.5. The predicted octanol–water partition coefficient (Wildman–Crippen LogP) is 4.86. The van der Waals surface area contributed by atoms with Crippen LogP contribution in [0, 0.1) is 11.8 Å². The molecule has 0 aliphatic heterocycles. The van der Waals surface area contributed by atoms with Gasteiger partial charge in [0, 0.05) is 6.54 Å². The summed E-state index contributed by atoms with van der Waals surface area (Å²) in [6, 6.07) is -0.772. The van der Waals surface area contributed by atoms with Gasteiger partial charge in [-0.3, -0.25) is 19.3 Å². The number of rotatable bonds is 13. The number of carbonyl (C=O) groups is 3. The number of nitrogens with zero attached hydrogens (tertiary/aromatic N) is 1. The van der Waals surface area contributed by atoms with E-state index in [1.165, 1.54) is 0 Å². The predicted molar refractivity (Wildman–Crippen MR) is 143 cm³/mol. The van der Waals surface area contributed by atoms with Gasteiger partial charge in [0.1, 0.15) is 22.8 Å². The zero-order valence-corrected chi connectivity index (χ0v) is 25.2. The average molecular weight is 515 g/mol. The number of carbonyl (C=O) groups excluding carboxylic acids is 3. The molecule has 8 heteroatoms. The van der Waals surface area contributed by atoms with Crippen LogP contribution in [-0.2, 0) is 28.6 Å². The van der Waals surface area contributed by atoms with Crippen molar-refractivity contribution in [3.63, 3.8) is 0 Å². The lowest BCUT2D eigenvalue weighted by Crippen LogP contribution is -2.60. The van der Waals surface area contributed by atoms with Gasteiger partial charge in [-0.1, -0.05) is 40.5 Å². The lowest BCUT2D eigenvalue weighted by Gasteiger charge is -2.42. The molecule has 0 saturated heterocycles. The molecular formula is C28H54N2O6. The smallest absolute Gasteiger partial charge is 0.326 e. The lowest BCUT2D eigenvalue weighted by atomic mass is 9.80. The molecule has 0 heterocycles. The molecule has 0 saturated carbocycles. The van der Waals surface area contributed by atoms with Crippen molar-refractivity contribution < 1.29 is 28.6 Å². The summed E-state index contributed by atoms with van der Waals surface area (Å²) < 4.78 is 17.6. The molecule has 4 unspecified atom stereocenters. The summed E-state index contributed by atoms with van der Waals surface area (Å²) in [6.07, 6.45) is 1.17. The monoisotopic (exact) mass is 514 g/mol. The van der Waals surface area contributed by atoms with E-state index in [4.69, 9.17) is 19.9 Å². The van der Waals surface area contributed by atoms with Gasteiger partial charge in [0.05, 0.1) is 5.60 Å². The van der Waals surface area contributed by atoms with Gasteiger partial charge in [0.2, 0.25) is 0 Å². The van der Waals surface area contributed by atoms with E-state index in [-0.39, 0.29) is 24.8 Å². The van der Waals surface area contributed by atoms with E-state index >= 15 is 0 Å². The molecule has 36 heavy (non-hydrogen) atoms. The van der Waals surface area contributed by atoms with Crippen LogP contribution in [0.15, 0.2) is 0 Å². The van der Waals surface area contributed by atoms with E-state index in [9.17, 15) is 14.4 Å². The summed E-state index contributed by atoms with van der Waals surface area (Å²) >= 11 is 0. The van der Waals surface area contributed by atoms with Crippen LogP contribution in [0.5, 0.6) is 0 Å². The maximum absolute atomic E-state index is 13.5. The Hall–Kier alpha value is -1.51. The normalized spacial score (nSPS) is 18.1. The summed E-state index contributed by atoms with van der Waals surface area (Å²) in [5.74, 6) is -1.29. The highest BCUT2D eigenvalue weighted by atomic mass is 16.6. The largest absolute Gasteiger partial charge is 0.459 e. The quantitative estimate of drug-likeness (QED) is 0.211. The topological polar surface area (TPSA) is 108 Å². The molecule has 0 aromatic heterocycles. The van der Waals surface area contributed by atoms with Gasteiger partial charge in [0.15, 0.2) is 12.5 Å². The second-order valence-electron chi connectivity index (χ2n) is 13.0. The molecule has 0 aliphatic carbocycles. The number of hydrogen-bond acceptors (Lipinski definition) is 8. The summed E-state index contributed by atoms with van der Waals surface area (Å²) in [6.45, 7) is 24.3. The SMILES string of the molecule is CCC(C)C(C(=O)OC(C)(C)C)N(CC[C@@](N)(C(=O)OC(C)(C)C)C(C)CC)C(C=O)OC(C)(C)C. The van der Waals surface area contributed by atoms with Gasteiger partial charge in [-0.05, 0) is 80.6 Å². The fourth-order valence-electron chi connectivity index (χ4n) is 3.84. The van der Waals surface area contributed by atoms with Crippen LogP contribution < -0.4 is 5.73 Å². The standard InChI is InChI=1S/C28H54N2O6/c1-14-19(3)22(23(32)35-26(8,9)10)30(21(18-31)34-25(5,6)7)17-16-28(29,20(4)15-2)24(33)36-27(11,12)13/h18-22H,14-17,29H2,1-13H3/t19?,20?,21?,22?,28-/m0/s1. The average Bonchev–Trinajstić information content (AvgIpc) is 2.70. The van der Waals surface area contributed by atoms with Crippen LogP contribution in [0.4, 0.5) is 0 Å².